The van der Waals surface area contributed by atoms with Crippen molar-refractivity contribution in [3.05, 3.63) is 36.8 Å². The first-order valence-corrected chi connectivity index (χ1v) is 9.13. The first-order valence-electron chi connectivity index (χ1n) is 9.13. The smallest absolute Gasteiger partial charge is 0.242 e. The van der Waals surface area contributed by atoms with Crippen LogP contribution in [0.3, 0.4) is 0 Å². The first-order chi connectivity index (χ1) is 12.3. The topological polar surface area (TPSA) is 63.0 Å². The average molecular weight is 362 g/mol. The van der Waals surface area contributed by atoms with Crippen LogP contribution in [0.4, 0.5) is 0 Å². The third-order valence-corrected chi connectivity index (χ3v) is 4.33. The van der Waals surface area contributed by atoms with Gasteiger partial charge < -0.3 is 19.0 Å². The van der Waals surface area contributed by atoms with Gasteiger partial charge in [-0.3, -0.25) is 9.59 Å². The fourth-order valence-corrected chi connectivity index (χ4v) is 2.99. The normalized spacial score (nSPS) is 17.1. The standard InChI is InChI=1S/C20H30N2O4/c1-5-10-21(19(24)20(2,3)4)15-18(23)22(13-16-8-6-11-25-16)14-17-9-7-12-26-17/h5-6,8,11,17H,1,7,9-10,12-15H2,2-4H3. The average Bonchev–Trinajstić information content (AvgIpc) is 3.26. The van der Waals surface area contributed by atoms with Crippen LogP contribution in [0.15, 0.2) is 35.5 Å². The third kappa shape index (κ3) is 5.73. The number of carbonyl (C=O) groups is 2. The maximum absolute atomic E-state index is 13.0. The van der Waals surface area contributed by atoms with E-state index in [1.54, 1.807) is 28.2 Å². The van der Waals surface area contributed by atoms with Crippen molar-refractivity contribution in [2.75, 3.05) is 26.2 Å². The van der Waals surface area contributed by atoms with Gasteiger partial charge in [-0.1, -0.05) is 26.8 Å². The summed E-state index contributed by atoms with van der Waals surface area (Å²) in [6.07, 6.45) is 5.24. The van der Waals surface area contributed by atoms with Gasteiger partial charge in [-0.15, -0.1) is 6.58 Å². The summed E-state index contributed by atoms with van der Waals surface area (Å²) in [7, 11) is 0. The number of rotatable bonds is 8. The fourth-order valence-electron chi connectivity index (χ4n) is 2.99. The van der Waals surface area contributed by atoms with Crippen LogP contribution >= 0.6 is 0 Å². The van der Waals surface area contributed by atoms with Crippen LogP contribution in [0, 0.1) is 5.41 Å². The molecule has 1 atom stereocenters. The minimum absolute atomic E-state index is 0.0234. The van der Waals surface area contributed by atoms with Gasteiger partial charge in [0, 0.05) is 25.1 Å². The van der Waals surface area contributed by atoms with Crippen molar-refractivity contribution in [2.45, 2.75) is 46.3 Å². The van der Waals surface area contributed by atoms with Crippen LogP contribution in [0.5, 0.6) is 0 Å². The van der Waals surface area contributed by atoms with E-state index in [0.717, 1.165) is 19.4 Å². The molecule has 1 aromatic rings. The molecule has 1 saturated heterocycles. The van der Waals surface area contributed by atoms with E-state index in [0.29, 0.717) is 25.4 Å². The Morgan fingerprint density at radius 1 is 1.35 bits per heavy atom. The quantitative estimate of drug-likeness (QED) is 0.667. The lowest BCUT2D eigenvalue weighted by Crippen LogP contribution is -2.47. The van der Waals surface area contributed by atoms with Crippen molar-refractivity contribution in [2.24, 2.45) is 5.41 Å². The molecule has 1 aliphatic heterocycles. The van der Waals surface area contributed by atoms with Gasteiger partial charge in [0.1, 0.15) is 12.3 Å². The molecule has 0 radical (unpaired) electrons. The SMILES string of the molecule is C=CCN(CC(=O)N(Cc1ccco1)CC1CCCO1)C(=O)C(C)(C)C. The molecule has 144 valence electrons. The number of ether oxygens (including phenoxy) is 1. The minimum Gasteiger partial charge on any atom is -0.467 e. The second kappa shape index (κ2) is 9.03. The lowest BCUT2D eigenvalue weighted by Gasteiger charge is -2.31. The van der Waals surface area contributed by atoms with Crippen molar-refractivity contribution in [1.82, 2.24) is 9.80 Å². The molecule has 2 heterocycles. The Morgan fingerprint density at radius 2 is 2.12 bits per heavy atom. The number of nitrogens with zero attached hydrogens (tertiary/aromatic N) is 2. The number of amides is 2. The molecular weight excluding hydrogens is 332 g/mol. The van der Waals surface area contributed by atoms with Crippen LogP contribution in [0.2, 0.25) is 0 Å². The van der Waals surface area contributed by atoms with Crippen LogP contribution in [-0.4, -0.2) is 54.0 Å². The van der Waals surface area contributed by atoms with E-state index >= 15 is 0 Å². The third-order valence-electron chi connectivity index (χ3n) is 4.33. The molecule has 6 nitrogen and oxygen atoms in total. The predicted octanol–water partition coefficient (Wildman–Crippen LogP) is 2.85. The minimum atomic E-state index is -0.552. The Labute approximate surface area is 155 Å². The Hall–Kier alpha value is -2.08. The van der Waals surface area contributed by atoms with E-state index in [9.17, 15) is 9.59 Å². The highest BCUT2D eigenvalue weighted by atomic mass is 16.5. The summed E-state index contributed by atoms with van der Waals surface area (Å²) in [4.78, 5) is 28.9. The number of furan rings is 1. The summed E-state index contributed by atoms with van der Waals surface area (Å²) >= 11 is 0. The van der Waals surface area contributed by atoms with E-state index in [2.05, 4.69) is 6.58 Å². The summed E-state index contributed by atoms with van der Waals surface area (Å²) in [6.45, 7) is 11.2. The zero-order valence-corrected chi connectivity index (χ0v) is 16.1. The van der Waals surface area contributed by atoms with Gasteiger partial charge in [0.05, 0.1) is 18.9 Å². The molecule has 0 aromatic carbocycles. The Bertz CT molecular complexity index is 598. The molecule has 2 rings (SSSR count). The summed E-state index contributed by atoms with van der Waals surface area (Å²) < 4.78 is 11.1. The predicted molar refractivity (Wildman–Crippen MR) is 99.3 cm³/mol. The second-order valence-electron chi connectivity index (χ2n) is 7.71. The number of carbonyl (C=O) groups excluding carboxylic acids is 2. The monoisotopic (exact) mass is 362 g/mol. The Morgan fingerprint density at radius 3 is 2.65 bits per heavy atom. The Balaban J connectivity index is 2.09. The van der Waals surface area contributed by atoms with Crippen LogP contribution in [-0.2, 0) is 20.9 Å². The molecule has 26 heavy (non-hydrogen) atoms. The lowest BCUT2D eigenvalue weighted by atomic mass is 9.94. The van der Waals surface area contributed by atoms with Gasteiger partial charge in [0.2, 0.25) is 11.8 Å². The van der Waals surface area contributed by atoms with E-state index in [1.807, 2.05) is 26.8 Å². The molecule has 1 fully saturated rings. The van der Waals surface area contributed by atoms with E-state index in [4.69, 9.17) is 9.15 Å². The second-order valence-corrected chi connectivity index (χ2v) is 7.71. The summed E-state index contributed by atoms with van der Waals surface area (Å²) in [5.74, 6) is 0.533. The van der Waals surface area contributed by atoms with E-state index < -0.39 is 5.41 Å². The molecule has 0 bridgehead atoms. The molecule has 1 aromatic heterocycles. The molecular formula is C20H30N2O4. The van der Waals surface area contributed by atoms with Crippen molar-refractivity contribution in [3.63, 3.8) is 0 Å². The van der Waals surface area contributed by atoms with Crippen LogP contribution in [0.25, 0.3) is 0 Å². The van der Waals surface area contributed by atoms with Crippen molar-refractivity contribution >= 4 is 11.8 Å². The zero-order valence-electron chi connectivity index (χ0n) is 16.1. The maximum atomic E-state index is 13.0. The molecule has 0 aliphatic carbocycles. The first kappa shape index (κ1) is 20.2. The molecule has 2 amide bonds. The van der Waals surface area contributed by atoms with E-state index in [1.165, 1.54) is 0 Å². The molecule has 1 aliphatic rings. The molecule has 1 unspecified atom stereocenters. The van der Waals surface area contributed by atoms with Crippen molar-refractivity contribution < 1.29 is 18.7 Å². The highest BCUT2D eigenvalue weighted by Gasteiger charge is 2.30. The summed E-state index contributed by atoms with van der Waals surface area (Å²) in [5.41, 5.74) is -0.552. The molecule has 0 saturated carbocycles. The molecule has 0 spiro atoms. The van der Waals surface area contributed by atoms with Gasteiger partial charge in [-0.2, -0.15) is 0 Å². The largest absolute Gasteiger partial charge is 0.467 e. The van der Waals surface area contributed by atoms with Gasteiger partial charge in [-0.05, 0) is 25.0 Å². The zero-order chi connectivity index (χ0) is 19.2. The molecule has 0 N–H and O–H groups in total. The van der Waals surface area contributed by atoms with Crippen LogP contribution in [0.1, 0.15) is 39.4 Å². The fraction of sp³-hybridized carbons (Fsp3) is 0.600. The number of hydrogen-bond donors (Lipinski definition) is 0. The summed E-state index contributed by atoms with van der Waals surface area (Å²) in [6, 6.07) is 3.65. The molecule has 6 heteroatoms. The number of hydrogen-bond acceptors (Lipinski definition) is 4. The maximum Gasteiger partial charge on any atom is 0.242 e. The summed E-state index contributed by atoms with van der Waals surface area (Å²) in [5, 5.41) is 0. The van der Waals surface area contributed by atoms with Gasteiger partial charge in [-0.25, -0.2) is 0 Å². The van der Waals surface area contributed by atoms with Crippen molar-refractivity contribution in [1.29, 1.82) is 0 Å². The van der Waals surface area contributed by atoms with Crippen molar-refractivity contribution in [3.8, 4) is 0 Å². The lowest BCUT2D eigenvalue weighted by molar-refractivity contribution is -0.146. The van der Waals surface area contributed by atoms with Gasteiger partial charge in [0.25, 0.3) is 0 Å². The Kier molecular flexibility index (Phi) is 7.03. The van der Waals surface area contributed by atoms with Crippen LogP contribution < -0.4 is 0 Å². The van der Waals surface area contributed by atoms with E-state index in [-0.39, 0.29) is 24.5 Å². The van der Waals surface area contributed by atoms with Gasteiger partial charge >= 0.3 is 0 Å². The van der Waals surface area contributed by atoms with Gasteiger partial charge in [0.15, 0.2) is 0 Å². The highest BCUT2D eigenvalue weighted by molar-refractivity contribution is 5.87. The highest BCUT2D eigenvalue weighted by Crippen LogP contribution is 2.19.